The second kappa shape index (κ2) is 28.1. The summed E-state index contributed by atoms with van der Waals surface area (Å²) in [5.41, 5.74) is 0. The first-order valence-electron chi connectivity index (χ1n) is 22.8. The molecule has 0 heterocycles. The van der Waals surface area contributed by atoms with Crippen LogP contribution in [0, 0.1) is 0 Å². The topological polar surface area (TPSA) is 69.7 Å². The minimum absolute atomic E-state index is 0.0638. The summed E-state index contributed by atoms with van der Waals surface area (Å²) in [6.07, 6.45) is 35.0. The van der Waals surface area contributed by atoms with E-state index in [9.17, 15) is 8.42 Å². The third-order valence-electron chi connectivity index (χ3n) is 12.2. The standard InChI is InChI=1S/C12H25O.2C12H25.C6H6O3S.C3H7.O.Ti/c1-2-3-4-5-6-7-8-9-10-11-12-13;2*1-3-5-7-9-11-12-10-8-6-4-2;7-10(8,9)6-4-2-1-3-5-6;1-3-2;;/h2-12H2,1H3;2*1,3-12H2,2H3;1-5H,(H,7,8,9);3H,1-2H3;;/q-1;;;;;;+2/p-1. The molecule has 7 heteroatoms. The Bertz CT molecular complexity index is 1150. The zero-order chi connectivity index (χ0) is 38.3. The Morgan fingerprint density at radius 3 is 1.12 bits per heavy atom. The zero-order valence-electron chi connectivity index (χ0n) is 35.2. The molecule has 0 spiro atoms. The fourth-order valence-electron chi connectivity index (χ4n) is 8.22. The predicted octanol–water partition coefficient (Wildman–Crippen LogP) is 16.2. The summed E-state index contributed by atoms with van der Waals surface area (Å²) in [7, 11) is -4.32. The molecule has 0 atom stereocenters. The van der Waals surface area contributed by atoms with Crippen LogP contribution in [0.1, 0.15) is 227 Å². The van der Waals surface area contributed by atoms with Crippen LogP contribution >= 0.6 is 0 Å². The molecule has 307 valence electrons. The summed E-state index contributed by atoms with van der Waals surface area (Å²) in [6, 6.07) is 8.33. The molecule has 52 heavy (non-hydrogen) atoms. The summed E-state index contributed by atoms with van der Waals surface area (Å²) in [5, 5.41) is 0. The molecule has 0 amide bonds. The van der Waals surface area contributed by atoms with Gasteiger partial charge in [-0.2, -0.15) is 0 Å². The Morgan fingerprint density at radius 2 is 0.788 bits per heavy atom. The van der Waals surface area contributed by atoms with Crippen LogP contribution in [0.15, 0.2) is 35.2 Å². The average Bonchev–Trinajstić information content (AvgIpc) is 3.12. The van der Waals surface area contributed by atoms with Gasteiger partial charge in [-0.1, -0.05) is 6.92 Å². The molecular weight excluding hydrogens is 700 g/mol. The normalized spacial score (nSPS) is 13.8. The number of unbranched alkanes of at least 4 members (excludes halogenated alkanes) is 27. The monoisotopic (exact) mass is 788 g/mol. The molecule has 0 bridgehead atoms. The van der Waals surface area contributed by atoms with Crippen LogP contribution in [0.2, 0.25) is 13.7 Å². The van der Waals surface area contributed by atoms with Gasteiger partial charge in [0.25, 0.3) is 0 Å². The van der Waals surface area contributed by atoms with E-state index in [-0.39, 0.29) is 14.3 Å². The summed E-state index contributed by atoms with van der Waals surface area (Å²) in [5.74, 6) is 0. The van der Waals surface area contributed by atoms with Gasteiger partial charge in [0, 0.05) is 0 Å². The number of benzene rings is 1. The van der Waals surface area contributed by atoms with Gasteiger partial charge in [0.1, 0.15) is 0 Å². The fourth-order valence-corrected chi connectivity index (χ4v) is 22.9. The molecule has 0 aliphatic carbocycles. The van der Waals surface area contributed by atoms with E-state index in [1.54, 1.807) is 30.3 Å². The summed E-state index contributed by atoms with van der Waals surface area (Å²) in [6.45, 7) is 10.9. The molecule has 0 aliphatic rings. The van der Waals surface area contributed by atoms with Crippen LogP contribution in [-0.4, -0.2) is 15.0 Å². The van der Waals surface area contributed by atoms with Gasteiger partial charge in [-0.15, -0.1) is 0 Å². The Labute approximate surface area is 323 Å². The van der Waals surface area contributed by atoms with Crippen LogP contribution in [0.5, 0.6) is 0 Å². The summed E-state index contributed by atoms with van der Waals surface area (Å²) < 4.78 is 58.3. The van der Waals surface area contributed by atoms with Crippen LogP contribution in [0.4, 0.5) is 0 Å². The Morgan fingerprint density at radius 1 is 0.481 bits per heavy atom. The van der Waals surface area contributed by atoms with Crippen molar-refractivity contribution < 1.29 is 32.6 Å². The van der Waals surface area contributed by atoms with Crippen LogP contribution in [-0.2, 0) is 34.3 Å². The van der Waals surface area contributed by atoms with Crippen molar-refractivity contribution in [3.05, 3.63) is 30.3 Å². The van der Waals surface area contributed by atoms with Crippen LogP contribution < -0.4 is 0 Å². The van der Waals surface area contributed by atoms with Crippen molar-refractivity contribution >= 4 is 10.1 Å². The molecule has 1 rings (SSSR count). The van der Waals surface area contributed by atoms with Crippen molar-refractivity contribution in [3.63, 3.8) is 0 Å². The van der Waals surface area contributed by atoms with Crippen molar-refractivity contribution in [2.45, 2.75) is 246 Å². The Kier molecular flexibility index (Phi) is 26.8. The molecule has 0 fully saturated rings. The first-order chi connectivity index (χ1) is 25.0. The number of hydrogen-bond acceptors (Lipinski definition) is 5. The summed E-state index contributed by atoms with van der Waals surface area (Å²) in [4.78, 5) is 0.0638. The van der Waals surface area contributed by atoms with Crippen molar-refractivity contribution in [3.8, 4) is 0 Å². The van der Waals surface area contributed by atoms with E-state index in [4.69, 9.17) is 6.08 Å². The summed E-state index contributed by atoms with van der Waals surface area (Å²) >= 11 is -6.50. The van der Waals surface area contributed by atoms with Crippen LogP contribution in [0.3, 0.4) is 0 Å². The van der Waals surface area contributed by atoms with Gasteiger partial charge in [-0.25, -0.2) is 0 Å². The van der Waals surface area contributed by atoms with Gasteiger partial charge in [0.05, 0.1) is 0 Å². The van der Waals surface area contributed by atoms with Crippen molar-refractivity contribution in [1.29, 1.82) is 0 Å². The molecule has 0 N–H and O–H groups in total. The maximum absolute atomic E-state index is 16.6. The average molecular weight is 788 g/mol. The molecule has 0 radical (unpaired) electrons. The molecule has 0 saturated carbocycles. The first kappa shape index (κ1) is 49.6. The number of hydrogen-bond donors (Lipinski definition) is 0. The van der Waals surface area contributed by atoms with E-state index < -0.39 is 29.1 Å². The second-order valence-corrected chi connectivity index (χ2v) is 29.8. The molecule has 5 nitrogen and oxygen atoms in total. The first-order valence-corrected chi connectivity index (χ1v) is 29.2. The van der Waals surface area contributed by atoms with Gasteiger partial charge in [-0.05, 0) is 0 Å². The molecule has 1 aromatic rings. The van der Waals surface area contributed by atoms with Gasteiger partial charge < -0.3 is 0 Å². The molecule has 0 aliphatic heterocycles. The quantitative estimate of drug-likeness (QED) is 0.0493. The van der Waals surface area contributed by atoms with Crippen molar-refractivity contribution in [1.82, 2.24) is 0 Å². The molecule has 0 unspecified atom stereocenters. The minimum atomic E-state index is -6.50. The SMILES string of the molecule is CCCCCCCCCCCC[O][Ti](=[O])([CH2]CCCCCCCCCCC)([CH2]CCCCCCCCCCC)([O]S(=O)(=O)c1ccccc1)[CH](C)C. The second-order valence-electron chi connectivity index (χ2n) is 17.0. The van der Waals surface area contributed by atoms with Crippen molar-refractivity contribution in [2.75, 3.05) is 6.61 Å². The van der Waals surface area contributed by atoms with Gasteiger partial charge in [0.2, 0.25) is 0 Å². The zero-order valence-corrected chi connectivity index (χ0v) is 37.6. The number of rotatable bonds is 38. The third-order valence-corrected chi connectivity index (χ3v) is 28.3. The van der Waals surface area contributed by atoms with E-state index >= 15 is 3.32 Å². The Hall–Kier alpha value is -0.396. The van der Waals surface area contributed by atoms with Gasteiger partial charge in [0.15, 0.2) is 0 Å². The van der Waals surface area contributed by atoms with E-state index in [2.05, 4.69) is 20.8 Å². The van der Waals surface area contributed by atoms with Gasteiger partial charge >= 0.3 is 319 Å². The molecule has 0 aromatic heterocycles. The Balaban J connectivity index is 3.15. The van der Waals surface area contributed by atoms with E-state index in [0.29, 0.717) is 19.4 Å². The van der Waals surface area contributed by atoms with Gasteiger partial charge in [-0.3, -0.25) is 0 Å². The van der Waals surface area contributed by atoms with Crippen molar-refractivity contribution in [2.24, 2.45) is 0 Å². The third kappa shape index (κ3) is 19.5. The molecule has 0 saturated heterocycles. The fraction of sp³-hybridized carbons (Fsp3) is 0.867. The predicted molar refractivity (Wildman–Crippen MR) is 222 cm³/mol. The molecular formula is C45H87O5STi. The van der Waals surface area contributed by atoms with E-state index in [0.717, 1.165) is 44.9 Å². The van der Waals surface area contributed by atoms with Crippen LogP contribution in [0.25, 0.3) is 0 Å². The van der Waals surface area contributed by atoms with E-state index in [1.165, 1.54) is 135 Å². The van der Waals surface area contributed by atoms with E-state index in [1.807, 2.05) is 13.8 Å². The molecule has 1 aromatic carbocycles. The maximum atomic E-state index is 16.6.